The van der Waals surface area contributed by atoms with Gasteiger partial charge in [0.1, 0.15) is 0 Å². The van der Waals surface area contributed by atoms with E-state index in [0.29, 0.717) is 12.0 Å². The molecule has 0 radical (unpaired) electrons. The molecule has 3 rings (SSSR count). The highest BCUT2D eigenvalue weighted by molar-refractivity contribution is 5.13. The number of fused-ring (bicyclic) bond motifs is 1. The van der Waals surface area contributed by atoms with Gasteiger partial charge in [0.2, 0.25) is 0 Å². The molecule has 3 fully saturated rings. The summed E-state index contributed by atoms with van der Waals surface area (Å²) in [4.78, 5) is 2.56. The van der Waals surface area contributed by atoms with Crippen LogP contribution in [0, 0.1) is 5.41 Å². The molecule has 2 heterocycles. The van der Waals surface area contributed by atoms with Crippen LogP contribution in [0.1, 0.15) is 32.1 Å². The maximum Gasteiger partial charge on any atom is 0.0615 e. The molecular weight excluding hydrogens is 150 g/mol. The second kappa shape index (κ2) is 2.05. The maximum absolute atomic E-state index is 9.45. The topological polar surface area (TPSA) is 23.5 Å². The van der Waals surface area contributed by atoms with Gasteiger partial charge >= 0.3 is 0 Å². The fourth-order valence-electron chi connectivity index (χ4n) is 3.35. The first-order valence-electron chi connectivity index (χ1n) is 5.15. The van der Waals surface area contributed by atoms with E-state index < -0.39 is 0 Å². The van der Waals surface area contributed by atoms with Gasteiger partial charge in [-0.15, -0.1) is 0 Å². The molecule has 0 amide bonds. The second-order valence-corrected chi connectivity index (χ2v) is 5.08. The van der Waals surface area contributed by atoms with E-state index in [-0.39, 0.29) is 5.54 Å². The van der Waals surface area contributed by atoms with Crippen molar-refractivity contribution in [3.63, 3.8) is 0 Å². The summed E-state index contributed by atoms with van der Waals surface area (Å²) in [5.74, 6) is 0. The molecule has 1 saturated carbocycles. The van der Waals surface area contributed by atoms with E-state index in [9.17, 15) is 5.11 Å². The van der Waals surface area contributed by atoms with E-state index in [0.717, 1.165) is 0 Å². The van der Waals surface area contributed by atoms with Gasteiger partial charge in [-0.25, -0.2) is 0 Å². The lowest BCUT2D eigenvalue weighted by Gasteiger charge is -2.29. The van der Waals surface area contributed by atoms with Crippen LogP contribution >= 0.6 is 0 Å². The molecule has 0 aromatic rings. The van der Waals surface area contributed by atoms with Crippen LogP contribution in [0.2, 0.25) is 0 Å². The van der Waals surface area contributed by atoms with Crippen molar-refractivity contribution < 1.29 is 5.11 Å². The molecule has 2 aliphatic heterocycles. The Morgan fingerprint density at radius 3 is 2.67 bits per heavy atom. The predicted octanol–water partition coefficient (Wildman–Crippen LogP) is 0.997. The van der Waals surface area contributed by atoms with Crippen molar-refractivity contribution in [1.82, 2.24) is 4.90 Å². The number of hydrogen-bond donors (Lipinski definition) is 1. The van der Waals surface area contributed by atoms with Gasteiger partial charge in [-0.3, -0.25) is 4.90 Å². The third-order valence-electron chi connectivity index (χ3n) is 4.22. The number of hydrogen-bond acceptors (Lipinski definition) is 2. The summed E-state index contributed by atoms with van der Waals surface area (Å²) in [6.07, 6.45) is 6.68. The van der Waals surface area contributed by atoms with E-state index in [1.165, 1.54) is 45.2 Å². The summed E-state index contributed by atoms with van der Waals surface area (Å²) in [6.45, 7) is 2.92. The van der Waals surface area contributed by atoms with E-state index in [2.05, 4.69) is 4.90 Å². The molecule has 1 N–H and O–H groups in total. The molecule has 12 heavy (non-hydrogen) atoms. The Hall–Kier alpha value is -0.0800. The summed E-state index contributed by atoms with van der Waals surface area (Å²) in [7, 11) is 0. The van der Waals surface area contributed by atoms with Gasteiger partial charge in [0.15, 0.2) is 0 Å². The molecule has 2 saturated heterocycles. The molecular formula is C10H17NO. The van der Waals surface area contributed by atoms with Gasteiger partial charge in [0.25, 0.3) is 0 Å². The normalized spacial score (nSPS) is 43.8. The first-order valence-corrected chi connectivity index (χ1v) is 5.15. The highest BCUT2D eigenvalue weighted by Gasteiger charge is 2.59. The lowest BCUT2D eigenvalue weighted by molar-refractivity contribution is 0.0997. The van der Waals surface area contributed by atoms with Gasteiger partial charge in [0, 0.05) is 12.1 Å². The quantitative estimate of drug-likeness (QED) is 0.629. The zero-order valence-electron chi connectivity index (χ0n) is 7.55. The molecule has 0 aromatic carbocycles. The minimum Gasteiger partial charge on any atom is -0.394 e. The van der Waals surface area contributed by atoms with Crippen LogP contribution < -0.4 is 0 Å². The lowest BCUT2D eigenvalue weighted by atomic mass is 9.89. The van der Waals surface area contributed by atoms with Crippen molar-refractivity contribution in [3.05, 3.63) is 0 Å². The van der Waals surface area contributed by atoms with Gasteiger partial charge in [-0.2, -0.15) is 0 Å². The van der Waals surface area contributed by atoms with Crippen LogP contribution in [0.25, 0.3) is 0 Å². The molecule has 0 bridgehead atoms. The average molecular weight is 167 g/mol. The summed E-state index contributed by atoms with van der Waals surface area (Å²) in [5, 5.41) is 9.45. The Balaban J connectivity index is 1.88. The van der Waals surface area contributed by atoms with Gasteiger partial charge in [-0.1, -0.05) is 0 Å². The minimum absolute atomic E-state index is 0.233. The number of aliphatic hydroxyl groups is 1. The predicted molar refractivity (Wildman–Crippen MR) is 46.9 cm³/mol. The average Bonchev–Trinajstić information content (AvgIpc) is 2.53. The first-order chi connectivity index (χ1) is 5.79. The number of aliphatic hydroxyl groups excluding tert-OH is 1. The first kappa shape index (κ1) is 7.34. The Kier molecular flexibility index (Phi) is 1.25. The molecule has 3 aliphatic rings. The highest BCUT2D eigenvalue weighted by atomic mass is 16.3. The molecule has 0 aromatic heterocycles. The standard InChI is InChI=1S/C10H17NO/c12-8-10-2-1-5-11(10)7-9(6-10)3-4-9/h12H,1-8H2. The van der Waals surface area contributed by atoms with Crippen LogP contribution in [-0.4, -0.2) is 35.2 Å². The van der Waals surface area contributed by atoms with Crippen LogP contribution in [-0.2, 0) is 0 Å². The minimum atomic E-state index is 0.233. The van der Waals surface area contributed by atoms with Gasteiger partial charge < -0.3 is 5.11 Å². The summed E-state index contributed by atoms with van der Waals surface area (Å²) in [6, 6.07) is 0. The lowest BCUT2D eigenvalue weighted by Crippen LogP contribution is -2.41. The van der Waals surface area contributed by atoms with Crippen molar-refractivity contribution in [1.29, 1.82) is 0 Å². The Morgan fingerprint density at radius 2 is 2.08 bits per heavy atom. The van der Waals surface area contributed by atoms with Crippen LogP contribution in [0.5, 0.6) is 0 Å². The monoisotopic (exact) mass is 167 g/mol. The van der Waals surface area contributed by atoms with Crippen molar-refractivity contribution >= 4 is 0 Å². The Labute approximate surface area is 73.6 Å². The van der Waals surface area contributed by atoms with Crippen molar-refractivity contribution in [2.24, 2.45) is 5.41 Å². The summed E-state index contributed by atoms with van der Waals surface area (Å²) >= 11 is 0. The second-order valence-electron chi connectivity index (χ2n) is 5.08. The zero-order chi connectivity index (χ0) is 8.23. The Morgan fingerprint density at radius 1 is 1.25 bits per heavy atom. The fraction of sp³-hybridized carbons (Fsp3) is 1.00. The molecule has 1 aliphatic carbocycles. The van der Waals surface area contributed by atoms with E-state index in [1.54, 1.807) is 0 Å². The Bertz CT molecular complexity index is 212. The number of rotatable bonds is 1. The molecule has 1 atom stereocenters. The zero-order valence-corrected chi connectivity index (χ0v) is 7.55. The van der Waals surface area contributed by atoms with Crippen molar-refractivity contribution in [2.75, 3.05) is 19.7 Å². The van der Waals surface area contributed by atoms with Crippen molar-refractivity contribution in [2.45, 2.75) is 37.6 Å². The van der Waals surface area contributed by atoms with Crippen LogP contribution in [0.4, 0.5) is 0 Å². The SMILES string of the molecule is OCC12CCCN1CC1(CC1)C2. The third kappa shape index (κ3) is 0.775. The summed E-state index contributed by atoms with van der Waals surface area (Å²) in [5.41, 5.74) is 0.902. The maximum atomic E-state index is 9.45. The van der Waals surface area contributed by atoms with E-state index in [4.69, 9.17) is 0 Å². The van der Waals surface area contributed by atoms with Crippen molar-refractivity contribution in [3.8, 4) is 0 Å². The van der Waals surface area contributed by atoms with Gasteiger partial charge in [0.05, 0.1) is 6.61 Å². The molecule has 68 valence electrons. The fourth-order valence-corrected chi connectivity index (χ4v) is 3.35. The van der Waals surface area contributed by atoms with Crippen LogP contribution in [0.15, 0.2) is 0 Å². The van der Waals surface area contributed by atoms with Crippen LogP contribution in [0.3, 0.4) is 0 Å². The molecule has 2 nitrogen and oxygen atoms in total. The molecule has 1 spiro atoms. The van der Waals surface area contributed by atoms with E-state index >= 15 is 0 Å². The third-order valence-corrected chi connectivity index (χ3v) is 4.22. The molecule has 1 unspecified atom stereocenters. The van der Waals surface area contributed by atoms with Gasteiger partial charge in [-0.05, 0) is 44.1 Å². The summed E-state index contributed by atoms with van der Waals surface area (Å²) < 4.78 is 0. The largest absolute Gasteiger partial charge is 0.394 e. The smallest absolute Gasteiger partial charge is 0.0615 e. The van der Waals surface area contributed by atoms with E-state index in [1.807, 2.05) is 0 Å². The number of nitrogens with zero attached hydrogens (tertiary/aromatic N) is 1. The molecule has 2 heteroatoms. The highest BCUT2D eigenvalue weighted by Crippen LogP contribution is 2.60.